The molecule has 0 radical (unpaired) electrons. The Morgan fingerprint density at radius 1 is 1.16 bits per heavy atom. The molecule has 4 rings (SSSR count). The molecule has 1 aliphatic heterocycles. The first-order valence-corrected chi connectivity index (χ1v) is 12.2. The molecule has 10 heteroatoms. The molecule has 0 aliphatic carbocycles. The van der Waals surface area contributed by atoms with Crippen LogP contribution < -0.4 is 19.1 Å². The van der Waals surface area contributed by atoms with Crippen LogP contribution in [0.5, 0.6) is 11.5 Å². The molecule has 3 aromatic rings. The van der Waals surface area contributed by atoms with Crippen molar-refractivity contribution in [1.29, 1.82) is 0 Å². The van der Waals surface area contributed by atoms with Gasteiger partial charge >= 0.3 is 0 Å². The molecule has 1 aliphatic rings. The number of benzene rings is 2. The van der Waals surface area contributed by atoms with Crippen LogP contribution in [0.3, 0.4) is 0 Å². The maximum Gasteiger partial charge on any atom is 0.231 e. The average molecular weight is 460 g/mol. The third-order valence-electron chi connectivity index (χ3n) is 4.85. The van der Waals surface area contributed by atoms with Crippen LogP contribution in [-0.4, -0.2) is 39.4 Å². The zero-order chi connectivity index (χ0) is 22.0. The predicted octanol–water partition coefficient (Wildman–Crippen LogP) is 3.51. The lowest BCUT2D eigenvalue weighted by molar-refractivity contribution is -0.116. The molecule has 162 valence electrons. The number of anilines is 2. The number of sulfonamides is 1. The highest BCUT2D eigenvalue weighted by molar-refractivity contribution is 7.92. The first-order chi connectivity index (χ1) is 14.8. The molecule has 0 fully saturated rings. The molecule has 0 unspecified atom stereocenters. The molecule has 2 heterocycles. The van der Waals surface area contributed by atoms with Crippen LogP contribution in [0.4, 0.5) is 10.8 Å². The quantitative estimate of drug-likeness (QED) is 0.581. The molecule has 1 N–H and O–H groups in total. The van der Waals surface area contributed by atoms with E-state index in [2.05, 4.69) is 10.3 Å². The van der Waals surface area contributed by atoms with E-state index in [0.717, 1.165) is 23.1 Å². The standard InChI is InChI=1S/C21H21N3O5S2/c1-24(31(2,26)27)16-7-5-15(6-8-16)17-12-30-21(22-17)23-20(25)10-4-14-3-9-18-19(11-14)29-13-28-18/h3,5-9,11-12H,4,10,13H2,1-2H3,(H,22,23,25). The third kappa shape index (κ3) is 4.97. The Labute approximate surface area is 184 Å². The van der Waals surface area contributed by atoms with Crippen molar-refractivity contribution in [3.8, 4) is 22.8 Å². The average Bonchev–Trinajstić information content (AvgIpc) is 3.40. The fourth-order valence-electron chi connectivity index (χ4n) is 3.03. The minimum absolute atomic E-state index is 0.122. The Balaban J connectivity index is 1.35. The number of hydrogen-bond acceptors (Lipinski definition) is 7. The van der Waals surface area contributed by atoms with Crippen LogP contribution in [0, 0.1) is 0 Å². The Bertz CT molecular complexity index is 1210. The van der Waals surface area contributed by atoms with E-state index in [1.807, 2.05) is 23.6 Å². The summed E-state index contributed by atoms with van der Waals surface area (Å²) in [7, 11) is -1.81. The molecule has 0 bridgehead atoms. The monoisotopic (exact) mass is 459 g/mol. The lowest BCUT2D eigenvalue weighted by Gasteiger charge is -2.16. The van der Waals surface area contributed by atoms with Gasteiger partial charge in [0.15, 0.2) is 16.6 Å². The van der Waals surface area contributed by atoms with Gasteiger partial charge in [-0.15, -0.1) is 11.3 Å². The van der Waals surface area contributed by atoms with Crippen molar-refractivity contribution >= 4 is 38.1 Å². The Morgan fingerprint density at radius 3 is 2.65 bits per heavy atom. The van der Waals surface area contributed by atoms with Gasteiger partial charge in [-0.25, -0.2) is 13.4 Å². The number of nitrogens with one attached hydrogen (secondary N) is 1. The van der Waals surface area contributed by atoms with Crippen LogP contribution in [0.15, 0.2) is 47.8 Å². The fourth-order valence-corrected chi connectivity index (χ4v) is 4.27. The van der Waals surface area contributed by atoms with Crippen LogP contribution in [0.1, 0.15) is 12.0 Å². The Kier molecular flexibility index (Phi) is 5.84. The zero-order valence-electron chi connectivity index (χ0n) is 17.0. The van der Waals surface area contributed by atoms with E-state index in [4.69, 9.17) is 9.47 Å². The van der Waals surface area contributed by atoms with Crippen LogP contribution in [0.25, 0.3) is 11.3 Å². The van der Waals surface area contributed by atoms with Crippen LogP contribution >= 0.6 is 11.3 Å². The predicted molar refractivity (Wildman–Crippen MR) is 120 cm³/mol. The summed E-state index contributed by atoms with van der Waals surface area (Å²) in [6, 6.07) is 12.7. The molecule has 0 spiro atoms. The molecule has 1 aromatic heterocycles. The van der Waals surface area contributed by atoms with E-state index < -0.39 is 10.0 Å². The summed E-state index contributed by atoms with van der Waals surface area (Å²) in [5, 5.41) is 5.20. The van der Waals surface area contributed by atoms with Gasteiger partial charge in [-0.3, -0.25) is 9.10 Å². The second kappa shape index (κ2) is 8.56. The van der Waals surface area contributed by atoms with E-state index in [1.54, 1.807) is 24.3 Å². The number of carbonyl (C=O) groups is 1. The van der Waals surface area contributed by atoms with E-state index in [-0.39, 0.29) is 12.7 Å². The molecule has 0 saturated carbocycles. The fraction of sp³-hybridized carbons (Fsp3) is 0.238. The summed E-state index contributed by atoms with van der Waals surface area (Å²) in [6.45, 7) is 0.225. The van der Waals surface area contributed by atoms with Crippen LogP contribution in [0.2, 0.25) is 0 Å². The maximum atomic E-state index is 12.3. The number of aryl methyl sites for hydroxylation is 1. The maximum absolute atomic E-state index is 12.3. The van der Waals surface area contributed by atoms with Gasteiger partial charge in [0.05, 0.1) is 17.6 Å². The van der Waals surface area contributed by atoms with Crippen molar-refractivity contribution in [3.05, 3.63) is 53.4 Å². The number of hydrogen-bond donors (Lipinski definition) is 1. The largest absolute Gasteiger partial charge is 0.454 e. The van der Waals surface area contributed by atoms with Gasteiger partial charge in [-0.05, 0) is 36.2 Å². The number of carbonyl (C=O) groups excluding carboxylic acids is 1. The lowest BCUT2D eigenvalue weighted by atomic mass is 10.1. The second-order valence-corrected chi connectivity index (χ2v) is 9.92. The number of rotatable bonds is 7. The summed E-state index contributed by atoms with van der Waals surface area (Å²) in [6.07, 6.45) is 2.06. The molecule has 31 heavy (non-hydrogen) atoms. The van der Waals surface area contributed by atoms with E-state index in [0.29, 0.717) is 35.1 Å². The van der Waals surface area contributed by atoms with Gasteiger partial charge < -0.3 is 14.8 Å². The second-order valence-electron chi connectivity index (χ2n) is 7.05. The minimum atomic E-state index is -3.31. The molecular weight excluding hydrogens is 438 g/mol. The van der Waals surface area contributed by atoms with Gasteiger partial charge in [-0.1, -0.05) is 18.2 Å². The molecule has 1 amide bonds. The van der Waals surface area contributed by atoms with Crippen LogP contribution in [-0.2, 0) is 21.2 Å². The van der Waals surface area contributed by atoms with Gasteiger partial charge in [-0.2, -0.15) is 0 Å². The Hall–Kier alpha value is -3.11. The lowest BCUT2D eigenvalue weighted by Crippen LogP contribution is -2.24. The minimum Gasteiger partial charge on any atom is -0.454 e. The highest BCUT2D eigenvalue weighted by Gasteiger charge is 2.15. The van der Waals surface area contributed by atoms with Crippen molar-refractivity contribution < 1.29 is 22.7 Å². The summed E-state index contributed by atoms with van der Waals surface area (Å²) in [4.78, 5) is 16.8. The number of amides is 1. The number of aromatic nitrogens is 1. The van der Waals surface area contributed by atoms with E-state index >= 15 is 0 Å². The van der Waals surface area contributed by atoms with Crippen molar-refractivity contribution in [2.24, 2.45) is 0 Å². The Morgan fingerprint density at radius 2 is 1.90 bits per heavy atom. The SMILES string of the molecule is CN(c1ccc(-c2csc(NC(=O)CCc3ccc4c(c3)OCO4)n2)cc1)S(C)(=O)=O. The first kappa shape index (κ1) is 21.1. The molecule has 2 aromatic carbocycles. The highest BCUT2D eigenvalue weighted by atomic mass is 32.2. The van der Waals surface area contributed by atoms with Crippen molar-refractivity contribution in [1.82, 2.24) is 4.98 Å². The zero-order valence-corrected chi connectivity index (χ0v) is 18.6. The van der Waals surface area contributed by atoms with E-state index in [9.17, 15) is 13.2 Å². The normalized spacial score (nSPS) is 12.6. The number of thiazole rings is 1. The van der Waals surface area contributed by atoms with Gasteiger partial charge in [0, 0.05) is 24.4 Å². The molecular formula is C21H21N3O5S2. The topological polar surface area (TPSA) is 97.8 Å². The summed E-state index contributed by atoms with van der Waals surface area (Å²) in [5.41, 5.74) is 3.12. The van der Waals surface area contributed by atoms with Crippen molar-refractivity contribution in [2.75, 3.05) is 29.7 Å². The molecule has 0 saturated heterocycles. The summed E-state index contributed by atoms with van der Waals surface area (Å²) in [5.74, 6) is 1.31. The smallest absolute Gasteiger partial charge is 0.231 e. The highest BCUT2D eigenvalue weighted by Crippen LogP contribution is 2.33. The van der Waals surface area contributed by atoms with Gasteiger partial charge in [0.25, 0.3) is 0 Å². The van der Waals surface area contributed by atoms with Gasteiger partial charge in [0.2, 0.25) is 22.7 Å². The molecule has 8 nitrogen and oxygen atoms in total. The number of nitrogens with zero attached hydrogens (tertiary/aromatic N) is 2. The number of ether oxygens (including phenoxy) is 2. The molecule has 0 atom stereocenters. The van der Waals surface area contributed by atoms with E-state index in [1.165, 1.54) is 22.7 Å². The van der Waals surface area contributed by atoms with Crippen molar-refractivity contribution in [2.45, 2.75) is 12.8 Å². The first-order valence-electron chi connectivity index (χ1n) is 9.48. The third-order valence-corrected chi connectivity index (χ3v) is 6.82. The number of fused-ring (bicyclic) bond motifs is 1. The van der Waals surface area contributed by atoms with Gasteiger partial charge in [0.1, 0.15) is 0 Å². The van der Waals surface area contributed by atoms with Crippen molar-refractivity contribution in [3.63, 3.8) is 0 Å². The summed E-state index contributed by atoms with van der Waals surface area (Å²) < 4.78 is 35.2. The summed E-state index contributed by atoms with van der Waals surface area (Å²) >= 11 is 1.34.